The largest absolute Gasteiger partial charge is 0.393 e. The summed E-state index contributed by atoms with van der Waals surface area (Å²) >= 11 is 0. The molecule has 0 amide bonds. The minimum Gasteiger partial charge on any atom is -0.393 e. The van der Waals surface area contributed by atoms with Crippen LogP contribution in [0.2, 0.25) is 0 Å². The van der Waals surface area contributed by atoms with Crippen LogP contribution in [0.4, 0.5) is 5.69 Å². The number of benzene rings is 1. The van der Waals surface area contributed by atoms with Gasteiger partial charge in [0.2, 0.25) is 0 Å². The van der Waals surface area contributed by atoms with Crippen molar-refractivity contribution in [3.05, 3.63) is 61.9 Å². The zero-order valence-electron chi connectivity index (χ0n) is 12.1. The predicted molar refractivity (Wildman–Crippen MR) is 82.6 cm³/mol. The van der Waals surface area contributed by atoms with E-state index in [0.717, 1.165) is 18.4 Å². The van der Waals surface area contributed by atoms with E-state index in [9.17, 15) is 9.59 Å². The highest BCUT2D eigenvalue weighted by Gasteiger charge is 2.13. The SMILES string of the molecule is CCn1cc(N)c(=O)n(Cc2ccc3c(c2)CCC3)c1=O. The number of nitrogens with two attached hydrogens (primary N) is 1. The molecule has 2 aromatic rings. The van der Waals surface area contributed by atoms with E-state index >= 15 is 0 Å². The van der Waals surface area contributed by atoms with Gasteiger partial charge in [0.25, 0.3) is 5.56 Å². The van der Waals surface area contributed by atoms with Crippen molar-refractivity contribution in [2.45, 2.75) is 39.3 Å². The molecule has 0 radical (unpaired) electrons. The average molecular weight is 285 g/mol. The number of nitrogen functional groups attached to an aromatic ring is 1. The number of hydrogen-bond donors (Lipinski definition) is 1. The van der Waals surface area contributed by atoms with E-state index in [0.29, 0.717) is 6.54 Å². The molecule has 0 fully saturated rings. The highest BCUT2D eigenvalue weighted by atomic mass is 16.2. The van der Waals surface area contributed by atoms with Gasteiger partial charge >= 0.3 is 5.69 Å². The smallest absolute Gasteiger partial charge is 0.331 e. The highest BCUT2D eigenvalue weighted by molar-refractivity contribution is 5.36. The molecule has 21 heavy (non-hydrogen) atoms. The Morgan fingerprint density at radius 3 is 2.71 bits per heavy atom. The topological polar surface area (TPSA) is 70.0 Å². The van der Waals surface area contributed by atoms with Crippen molar-refractivity contribution in [3.63, 3.8) is 0 Å². The molecule has 0 bridgehead atoms. The Morgan fingerprint density at radius 1 is 1.19 bits per heavy atom. The van der Waals surface area contributed by atoms with Gasteiger partial charge in [-0.2, -0.15) is 0 Å². The van der Waals surface area contributed by atoms with Gasteiger partial charge in [0, 0.05) is 12.7 Å². The minimum absolute atomic E-state index is 0.109. The van der Waals surface area contributed by atoms with E-state index < -0.39 is 5.56 Å². The van der Waals surface area contributed by atoms with Crippen molar-refractivity contribution >= 4 is 5.69 Å². The first-order chi connectivity index (χ1) is 10.1. The lowest BCUT2D eigenvalue weighted by Crippen LogP contribution is -2.40. The van der Waals surface area contributed by atoms with Gasteiger partial charge in [-0.3, -0.25) is 13.9 Å². The Morgan fingerprint density at radius 2 is 1.95 bits per heavy atom. The molecular formula is C16H19N3O2. The number of rotatable bonds is 3. The Kier molecular flexibility index (Phi) is 3.41. The number of aromatic nitrogens is 2. The molecule has 1 aliphatic rings. The molecule has 2 N–H and O–H groups in total. The molecular weight excluding hydrogens is 266 g/mol. The Labute approximate surface area is 122 Å². The van der Waals surface area contributed by atoms with Gasteiger partial charge in [0.15, 0.2) is 0 Å². The molecule has 1 aromatic heterocycles. The van der Waals surface area contributed by atoms with Crippen molar-refractivity contribution in [3.8, 4) is 0 Å². The minimum atomic E-state index is -0.412. The van der Waals surface area contributed by atoms with Gasteiger partial charge in [0.05, 0.1) is 6.54 Å². The molecule has 1 heterocycles. The molecule has 1 aromatic carbocycles. The Hall–Kier alpha value is -2.30. The van der Waals surface area contributed by atoms with E-state index in [1.807, 2.05) is 13.0 Å². The first kappa shape index (κ1) is 13.7. The quantitative estimate of drug-likeness (QED) is 0.919. The third kappa shape index (κ3) is 2.39. The molecule has 110 valence electrons. The maximum Gasteiger partial charge on any atom is 0.331 e. The lowest BCUT2D eigenvalue weighted by Gasteiger charge is -2.11. The molecule has 5 heteroatoms. The summed E-state index contributed by atoms with van der Waals surface area (Å²) in [4.78, 5) is 24.4. The monoisotopic (exact) mass is 285 g/mol. The summed E-state index contributed by atoms with van der Waals surface area (Å²) in [5, 5.41) is 0. The average Bonchev–Trinajstić information content (AvgIpc) is 2.95. The van der Waals surface area contributed by atoms with E-state index in [4.69, 9.17) is 5.73 Å². The highest BCUT2D eigenvalue weighted by Crippen LogP contribution is 2.22. The zero-order chi connectivity index (χ0) is 15.0. The van der Waals surface area contributed by atoms with Gasteiger partial charge in [-0.15, -0.1) is 0 Å². The van der Waals surface area contributed by atoms with Crippen LogP contribution < -0.4 is 17.0 Å². The van der Waals surface area contributed by atoms with Crippen molar-refractivity contribution in [2.24, 2.45) is 0 Å². The van der Waals surface area contributed by atoms with Gasteiger partial charge in [-0.25, -0.2) is 4.79 Å². The number of aryl methyl sites for hydroxylation is 3. The Balaban J connectivity index is 2.04. The first-order valence-corrected chi connectivity index (χ1v) is 7.30. The van der Waals surface area contributed by atoms with Gasteiger partial charge in [0.1, 0.15) is 5.69 Å². The number of anilines is 1. The van der Waals surface area contributed by atoms with E-state index in [-0.39, 0.29) is 17.9 Å². The van der Waals surface area contributed by atoms with Crippen LogP contribution in [-0.2, 0) is 25.9 Å². The van der Waals surface area contributed by atoms with Crippen molar-refractivity contribution in [2.75, 3.05) is 5.73 Å². The number of nitrogens with zero attached hydrogens (tertiary/aromatic N) is 2. The van der Waals surface area contributed by atoms with Crippen molar-refractivity contribution in [1.82, 2.24) is 9.13 Å². The third-order valence-corrected chi connectivity index (χ3v) is 4.11. The molecule has 0 aliphatic heterocycles. The van der Waals surface area contributed by atoms with Crippen molar-refractivity contribution in [1.29, 1.82) is 0 Å². The number of hydrogen-bond acceptors (Lipinski definition) is 3. The van der Waals surface area contributed by atoms with Crippen LogP contribution in [0.15, 0.2) is 34.0 Å². The van der Waals surface area contributed by atoms with E-state index in [2.05, 4.69) is 12.1 Å². The maximum atomic E-state index is 12.3. The first-order valence-electron chi connectivity index (χ1n) is 7.30. The van der Waals surface area contributed by atoms with Crippen molar-refractivity contribution < 1.29 is 0 Å². The molecule has 0 spiro atoms. The fourth-order valence-corrected chi connectivity index (χ4v) is 2.95. The second kappa shape index (κ2) is 5.24. The second-order valence-electron chi connectivity index (χ2n) is 5.50. The second-order valence-corrected chi connectivity index (χ2v) is 5.50. The lowest BCUT2D eigenvalue weighted by atomic mass is 10.1. The van der Waals surface area contributed by atoms with Crippen LogP contribution in [0.1, 0.15) is 30.0 Å². The summed E-state index contributed by atoms with van der Waals surface area (Å²) in [6.07, 6.45) is 4.80. The zero-order valence-corrected chi connectivity index (χ0v) is 12.1. The molecule has 0 unspecified atom stereocenters. The standard InChI is InChI=1S/C16H19N3O2/c1-2-18-10-14(17)15(20)19(16(18)21)9-11-6-7-12-4-3-5-13(12)8-11/h6-8,10H,2-5,9,17H2,1H3. The van der Waals surface area contributed by atoms with Gasteiger partial charge in [-0.05, 0) is 42.9 Å². The van der Waals surface area contributed by atoms with Crippen LogP contribution in [0.3, 0.4) is 0 Å². The Bertz CT molecular complexity index is 802. The maximum absolute atomic E-state index is 12.3. The summed E-state index contributed by atoms with van der Waals surface area (Å²) in [6.45, 7) is 2.62. The fraction of sp³-hybridized carbons (Fsp3) is 0.375. The molecule has 3 rings (SSSR count). The van der Waals surface area contributed by atoms with Gasteiger partial charge < -0.3 is 5.73 Å². The third-order valence-electron chi connectivity index (χ3n) is 4.11. The molecule has 0 saturated heterocycles. The van der Waals surface area contributed by atoms with Gasteiger partial charge in [-0.1, -0.05) is 18.2 Å². The van der Waals surface area contributed by atoms with Crippen LogP contribution >= 0.6 is 0 Å². The summed E-state index contributed by atoms with van der Waals surface area (Å²) < 4.78 is 2.68. The van der Waals surface area contributed by atoms with Crippen LogP contribution in [0.5, 0.6) is 0 Å². The molecule has 1 aliphatic carbocycles. The fourth-order valence-electron chi connectivity index (χ4n) is 2.95. The van der Waals surface area contributed by atoms with Crippen LogP contribution in [0.25, 0.3) is 0 Å². The summed E-state index contributed by atoms with van der Waals surface area (Å²) in [5.41, 5.74) is 8.79. The molecule has 5 nitrogen and oxygen atoms in total. The normalized spacial score (nSPS) is 13.4. The predicted octanol–water partition coefficient (Wildman–Crippen LogP) is 1.15. The molecule has 0 atom stereocenters. The summed E-state index contributed by atoms with van der Waals surface area (Å²) in [7, 11) is 0. The number of fused-ring (bicyclic) bond motifs is 1. The van der Waals surface area contributed by atoms with E-state index in [1.54, 1.807) is 0 Å². The van der Waals surface area contributed by atoms with E-state index in [1.165, 1.54) is 32.9 Å². The molecule has 0 saturated carbocycles. The lowest BCUT2D eigenvalue weighted by molar-refractivity contribution is 0.603. The van der Waals surface area contributed by atoms with Crippen LogP contribution in [0, 0.1) is 0 Å². The van der Waals surface area contributed by atoms with Crippen LogP contribution in [-0.4, -0.2) is 9.13 Å². The summed E-state index contributed by atoms with van der Waals surface area (Å²) in [6, 6.07) is 6.20. The summed E-state index contributed by atoms with van der Waals surface area (Å²) in [5.74, 6) is 0.